The highest BCUT2D eigenvalue weighted by Gasteiger charge is 2.07. The van der Waals surface area contributed by atoms with Crippen LogP contribution in [0.25, 0.3) is 0 Å². The molecule has 0 aliphatic heterocycles. The first-order valence-electron chi connectivity index (χ1n) is 6.35. The zero-order valence-electron chi connectivity index (χ0n) is 11.5. The average Bonchev–Trinajstić information content (AvgIpc) is 2.47. The minimum Gasteiger partial charge on any atom is -0.494 e. The summed E-state index contributed by atoms with van der Waals surface area (Å²) in [7, 11) is 1.64. The van der Waals surface area contributed by atoms with Gasteiger partial charge in [0.1, 0.15) is 5.75 Å². The van der Waals surface area contributed by atoms with Crippen LogP contribution in [0.4, 0.5) is 0 Å². The molecule has 2 aromatic carbocycles. The molecule has 0 aliphatic carbocycles. The maximum atomic E-state index is 8.88. The lowest BCUT2D eigenvalue weighted by molar-refractivity contribution is 0.409. The second-order valence-corrected chi connectivity index (χ2v) is 6.22. The van der Waals surface area contributed by atoms with E-state index in [0.29, 0.717) is 5.56 Å². The number of methoxy groups -OCH3 is 1. The van der Waals surface area contributed by atoms with Crippen LogP contribution in [0.15, 0.2) is 45.3 Å². The molecule has 0 bridgehead atoms. The molecule has 3 nitrogen and oxygen atoms in total. The summed E-state index contributed by atoms with van der Waals surface area (Å²) in [6.07, 6.45) is 0. The lowest BCUT2D eigenvalue weighted by Crippen LogP contribution is -2.12. The van der Waals surface area contributed by atoms with E-state index >= 15 is 0 Å². The van der Waals surface area contributed by atoms with E-state index in [9.17, 15) is 0 Å². The summed E-state index contributed by atoms with van der Waals surface area (Å²) in [5.41, 5.74) is 2.93. The number of halogens is 2. The molecule has 1 N–H and O–H groups in total. The van der Waals surface area contributed by atoms with Crippen LogP contribution in [0, 0.1) is 11.3 Å². The van der Waals surface area contributed by atoms with Crippen molar-refractivity contribution in [2.45, 2.75) is 13.1 Å². The zero-order chi connectivity index (χ0) is 15.2. The minimum absolute atomic E-state index is 0.684. The van der Waals surface area contributed by atoms with E-state index in [1.165, 1.54) is 0 Å². The lowest BCUT2D eigenvalue weighted by atomic mass is 10.1. The molecular formula is C16H14Br2N2O. The number of benzene rings is 2. The van der Waals surface area contributed by atoms with Gasteiger partial charge >= 0.3 is 0 Å². The van der Waals surface area contributed by atoms with Crippen molar-refractivity contribution in [2.75, 3.05) is 7.11 Å². The first-order chi connectivity index (χ1) is 10.1. The van der Waals surface area contributed by atoms with Crippen molar-refractivity contribution in [1.29, 1.82) is 5.26 Å². The van der Waals surface area contributed by atoms with Gasteiger partial charge in [-0.05, 0) is 67.3 Å². The van der Waals surface area contributed by atoms with Gasteiger partial charge in [-0.2, -0.15) is 5.26 Å². The van der Waals surface area contributed by atoms with Crippen LogP contribution in [0.1, 0.15) is 16.7 Å². The maximum Gasteiger partial charge on any atom is 0.147 e. The van der Waals surface area contributed by atoms with Crippen molar-refractivity contribution in [1.82, 2.24) is 5.32 Å². The lowest BCUT2D eigenvalue weighted by Gasteiger charge is -2.10. The van der Waals surface area contributed by atoms with Gasteiger partial charge in [0, 0.05) is 13.1 Å². The van der Waals surface area contributed by atoms with E-state index in [4.69, 9.17) is 10.00 Å². The van der Waals surface area contributed by atoms with Crippen molar-refractivity contribution in [2.24, 2.45) is 0 Å². The van der Waals surface area contributed by atoms with Gasteiger partial charge in [0.2, 0.25) is 0 Å². The molecule has 2 rings (SSSR count). The number of rotatable bonds is 5. The summed E-state index contributed by atoms with van der Waals surface area (Å²) in [5, 5.41) is 12.3. The van der Waals surface area contributed by atoms with Gasteiger partial charge in [-0.15, -0.1) is 0 Å². The predicted octanol–water partition coefficient (Wildman–Crippen LogP) is 4.38. The Labute approximate surface area is 141 Å². The second kappa shape index (κ2) is 7.60. The third-order valence-electron chi connectivity index (χ3n) is 2.98. The van der Waals surface area contributed by atoms with Crippen molar-refractivity contribution < 1.29 is 4.74 Å². The fraction of sp³-hybridized carbons (Fsp3) is 0.188. The Kier molecular flexibility index (Phi) is 5.80. The fourth-order valence-corrected chi connectivity index (χ4v) is 3.62. The number of nitriles is 1. The molecule has 0 spiro atoms. The average molecular weight is 410 g/mol. The van der Waals surface area contributed by atoms with Gasteiger partial charge in [-0.3, -0.25) is 0 Å². The molecule has 0 aromatic heterocycles. The van der Waals surface area contributed by atoms with Crippen molar-refractivity contribution >= 4 is 31.9 Å². The Balaban J connectivity index is 1.99. The maximum absolute atomic E-state index is 8.88. The zero-order valence-corrected chi connectivity index (χ0v) is 14.7. The number of ether oxygens (including phenoxy) is 1. The highest BCUT2D eigenvalue weighted by Crippen LogP contribution is 2.34. The molecule has 2 aromatic rings. The second-order valence-electron chi connectivity index (χ2n) is 4.51. The molecule has 0 saturated carbocycles. The largest absolute Gasteiger partial charge is 0.494 e. The minimum atomic E-state index is 0.684. The number of hydrogen-bond donors (Lipinski definition) is 1. The van der Waals surface area contributed by atoms with E-state index in [-0.39, 0.29) is 0 Å². The summed E-state index contributed by atoms with van der Waals surface area (Å²) in [6, 6.07) is 13.8. The summed E-state index contributed by atoms with van der Waals surface area (Å²) in [4.78, 5) is 0. The van der Waals surface area contributed by atoms with Gasteiger partial charge in [0.25, 0.3) is 0 Å². The normalized spacial score (nSPS) is 10.2. The third kappa shape index (κ3) is 4.31. The standard InChI is InChI=1S/C16H14Br2N2O/c1-21-16-14(17)6-13(7-15(16)18)10-20-9-12-4-2-3-11(5-12)8-19/h2-7,20H,9-10H2,1H3. The fourth-order valence-electron chi connectivity index (χ4n) is 2.01. The molecule has 5 heteroatoms. The van der Waals surface area contributed by atoms with E-state index in [2.05, 4.69) is 43.2 Å². The van der Waals surface area contributed by atoms with Crippen molar-refractivity contribution in [3.8, 4) is 11.8 Å². The number of hydrogen-bond acceptors (Lipinski definition) is 3. The molecule has 0 aliphatic rings. The summed E-state index contributed by atoms with van der Waals surface area (Å²) in [6.45, 7) is 1.45. The SMILES string of the molecule is COc1c(Br)cc(CNCc2cccc(C#N)c2)cc1Br. The van der Waals surface area contributed by atoms with Gasteiger partial charge in [0.05, 0.1) is 27.7 Å². The van der Waals surface area contributed by atoms with Crippen LogP contribution in [0.5, 0.6) is 5.75 Å². The Bertz CT molecular complexity index is 657. The Morgan fingerprint density at radius 1 is 1.10 bits per heavy atom. The molecule has 0 fully saturated rings. The molecule has 21 heavy (non-hydrogen) atoms. The van der Waals surface area contributed by atoms with Gasteiger partial charge in [-0.1, -0.05) is 12.1 Å². The number of nitrogens with zero attached hydrogens (tertiary/aromatic N) is 1. The first-order valence-corrected chi connectivity index (χ1v) is 7.94. The van der Waals surface area contributed by atoms with E-state index in [0.717, 1.165) is 38.9 Å². The van der Waals surface area contributed by atoms with Gasteiger partial charge in [0.15, 0.2) is 0 Å². The van der Waals surface area contributed by atoms with Gasteiger partial charge < -0.3 is 10.1 Å². The number of nitrogens with one attached hydrogen (secondary N) is 1. The predicted molar refractivity (Wildman–Crippen MR) is 90.1 cm³/mol. The van der Waals surface area contributed by atoms with Crippen LogP contribution < -0.4 is 10.1 Å². The molecule has 0 saturated heterocycles. The van der Waals surface area contributed by atoms with Crippen molar-refractivity contribution in [3.63, 3.8) is 0 Å². The Morgan fingerprint density at radius 2 is 1.76 bits per heavy atom. The van der Waals surface area contributed by atoms with Crippen molar-refractivity contribution in [3.05, 3.63) is 62.0 Å². The van der Waals surface area contributed by atoms with E-state index < -0.39 is 0 Å². The van der Waals surface area contributed by atoms with Gasteiger partial charge in [-0.25, -0.2) is 0 Å². The monoisotopic (exact) mass is 408 g/mol. The van der Waals surface area contributed by atoms with E-state index in [1.807, 2.05) is 30.3 Å². The van der Waals surface area contributed by atoms with Crippen LogP contribution >= 0.6 is 31.9 Å². The summed E-state index contributed by atoms with van der Waals surface area (Å²) in [5.74, 6) is 0.792. The van der Waals surface area contributed by atoms with Crippen LogP contribution in [-0.2, 0) is 13.1 Å². The quantitative estimate of drug-likeness (QED) is 0.796. The Morgan fingerprint density at radius 3 is 2.38 bits per heavy atom. The summed E-state index contributed by atoms with van der Waals surface area (Å²) < 4.78 is 7.12. The molecule has 0 atom stereocenters. The molecule has 0 amide bonds. The van der Waals surface area contributed by atoms with Crippen LogP contribution in [-0.4, -0.2) is 7.11 Å². The molecule has 0 heterocycles. The smallest absolute Gasteiger partial charge is 0.147 e. The van der Waals surface area contributed by atoms with Crippen LogP contribution in [0.2, 0.25) is 0 Å². The first kappa shape index (κ1) is 16.0. The highest BCUT2D eigenvalue weighted by molar-refractivity contribution is 9.11. The molecule has 0 unspecified atom stereocenters. The van der Waals surface area contributed by atoms with E-state index in [1.54, 1.807) is 13.2 Å². The molecular weight excluding hydrogens is 396 g/mol. The topological polar surface area (TPSA) is 45.0 Å². The highest BCUT2D eigenvalue weighted by atomic mass is 79.9. The molecule has 108 valence electrons. The molecule has 0 radical (unpaired) electrons. The summed E-state index contributed by atoms with van der Waals surface area (Å²) >= 11 is 6.99. The Hall–Kier alpha value is -1.35. The van der Waals surface area contributed by atoms with Crippen LogP contribution in [0.3, 0.4) is 0 Å². The third-order valence-corrected chi connectivity index (χ3v) is 4.15.